The van der Waals surface area contributed by atoms with Crippen molar-refractivity contribution in [1.82, 2.24) is 4.98 Å². The number of aliphatic hydroxyl groups is 1. The molecule has 2 aromatic rings. The summed E-state index contributed by atoms with van der Waals surface area (Å²) in [7, 11) is 0. The number of hydrogen-bond acceptors (Lipinski definition) is 4. The number of nitrogens with one attached hydrogen (secondary N) is 1. The Labute approximate surface area is 117 Å². The second-order valence-corrected chi connectivity index (χ2v) is 5.49. The van der Waals surface area contributed by atoms with Gasteiger partial charge in [-0.2, -0.15) is 0 Å². The smallest absolute Gasteiger partial charge is 0.413 e. The summed E-state index contributed by atoms with van der Waals surface area (Å²) >= 11 is 0. The molecule has 1 aromatic carbocycles. The van der Waals surface area contributed by atoms with E-state index in [0.29, 0.717) is 5.82 Å². The molecule has 5 heteroatoms. The number of nitrogens with zero attached hydrogens (tertiary/aromatic N) is 1. The van der Waals surface area contributed by atoms with Gasteiger partial charge in [-0.1, -0.05) is 18.2 Å². The first-order valence-electron chi connectivity index (χ1n) is 6.37. The zero-order valence-corrected chi connectivity index (χ0v) is 11.8. The second-order valence-electron chi connectivity index (χ2n) is 5.49. The van der Waals surface area contributed by atoms with Crippen LogP contribution in [-0.4, -0.2) is 21.8 Å². The van der Waals surface area contributed by atoms with Crippen LogP contribution in [0.4, 0.5) is 10.6 Å². The van der Waals surface area contributed by atoms with Crippen LogP contribution in [0.1, 0.15) is 26.3 Å². The van der Waals surface area contributed by atoms with E-state index in [1.54, 1.807) is 33.0 Å². The number of carbonyl (C=O) groups excluding carboxylic acids is 1. The highest BCUT2D eigenvalue weighted by Crippen LogP contribution is 2.21. The third kappa shape index (κ3) is 3.45. The molecule has 0 atom stereocenters. The molecule has 0 bridgehead atoms. The number of fused-ring (bicyclic) bond motifs is 1. The van der Waals surface area contributed by atoms with E-state index in [1.807, 2.05) is 18.2 Å². The van der Waals surface area contributed by atoms with Crippen LogP contribution >= 0.6 is 0 Å². The van der Waals surface area contributed by atoms with Crippen LogP contribution < -0.4 is 5.32 Å². The van der Waals surface area contributed by atoms with E-state index in [9.17, 15) is 9.90 Å². The summed E-state index contributed by atoms with van der Waals surface area (Å²) in [5, 5.41) is 13.7. The van der Waals surface area contributed by atoms with Crippen LogP contribution in [0.5, 0.6) is 0 Å². The molecule has 1 amide bonds. The molecule has 2 N–H and O–H groups in total. The molecule has 0 aliphatic rings. The molecule has 0 unspecified atom stereocenters. The van der Waals surface area contributed by atoms with Gasteiger partial charge < -0.3 is 9.84 Å². The molecule has 0 aliphatic heterocycles. The van der Waals surface area contributed by atoms with Gasteiger partial charge in [0.25, 0.3) is 0 Å². The number of aromatic nitrogens is 1. The summed E-state index contributed by atoms with van der Waals surface area (Å²) < 4.78 is 5.17. The number of ether oxygens (including phenoxy) is 1. The van der Waals surface area contributed by atoms with E-state index < -0.39 is 11.7 Å². The molecule has 1 aromatic heterocycles. The maximum Gasteiger partial charge on any atom is 0.413 e. The van der Waals surface area contributed by atoms with Gasteiger partial charge in [0.05, 0.1) is 6.61 Å². The molecule has 2 rings (SSSR count). The van der Waals surface area contributed by atoms with Crippen LogP contribution in [0.2, 0.25) is 0 Å². The van der Waals surface area contributed by atoms with Crippen molar-refractivity contribution in [3.63, 3.8) is 0 Å². The van der Waals surface area contributed by atoms with Crippen LogP contribution in [0.25, 0.3) is 10.8 Å². The van der Waals surface area contributed by atoms with Gasteiger partial charge >= 0.3 is 6.09 Å². The highest BCUT2D eigenvalue weighted by atomic mass is 16.6. The van der Waals surface area contributed by atoms with Crippen molar-refractivity contribution in [2.75, 3.05) is 5.32 Å². The molecule has 1 heterocycles. The second kappa shape index (κ2) is 5.46. The standard InChI is InChI=1S/C15H18N2O3/c1-15(2,3)20-14(19)17-13-7-12-10(8-16-13)5-4-6-11(12)9-18/h4-8,18H,9H2,1-3H3,(H,16,17,19). The van der Waals surface area contributed by atoms with Crippen LogP contribution in [0.15, 0.2) is 30.5 Å². The summed E-state index contributed by atoms with van der Waals surface area (Å²) in [6.45, 7) is 5.33. The Morgan fingerprint density at radius 1 is 1.40 bits per heavy atom. The number of benzene rings is 1. The highest BCUT2D eigenvalue weighted by Gasteiger charge is 2.16. The zero-order valence-electron chi connectivity index (χ0n) is 11.8. The summed E-state index contributed by atoms with van der Waals surface area (Å²) in [6.07, 6.45) is 1.10. The lowest BCUT2D eigenvalue weighted by Gasteiger charge is -2.19. The third-order valence-electron chi connectivity index (χ3n) is 2.65. The Morgan fingerprint density at radius 3 is 2.80 bits per heavy atom. The lowest BCUT2D eigenvalue weighted by atomic mass is 10.1. The van der Waals surface area contributed by atoms with E-state index in [2.05, 4.69) is 10.3 Å². The molecule has 20 heavy (non-hydrogen) atoms. The van der Waals surface area contributed by atoms with Gasteiger partial charge in [-0.05, 0) is 37.8 Å². The van der Waals surface area contributed by atoms with E-state index in [1.165, 1.54) is 0 Å². The monoisotopic (exact) mass is 274 g/mol. The number of rotatable bonds is 2. The van der Waals surface area contributed by atoms with Gasteiger partial charge in [-0.3, -0.25) is 5.32 Å². The average molecular weight is 274 g/mol. The van der Waals surface area contributed by atoms with Crippen LogP contribution in [-0.2, 0) is 11.3 Å². The molecule has 0 spiro atoms. The van der Waals surface area contributed by atoms with Gasteiger partial charge in [0.1, 0.15) is 11.4 Å². The number of amides is 1. The molecule has 0 radical (unpaired) electrons. The minimum atomic E-state index is -0.558. The third-order valence-corrected chi connectivity index (χ3v) is 2.65. The maximum absolute atomic E-state index is 11.7. The van der Waals surface area contributed by atoms with Gasteiger partial charge in [-0.25, -0.2) is 9.78 Å². The van der Waals surface area contributed by atoms with Gasteiger partial charge in [0.2, 0.25) is 0 Å². The fraction of sp³-hybridized carbons (Fsp3) is 0.333. The van der Waals surface area contributed by atoms with Crippen LogP contribution in [0.3, 0.4) is 0 Å². The summed E-state index contributed by atoms with van der Waals surface area (Å²) in [5.41, 5.74) is 0.231. The number of hydrogen-bond donors (Lipinski definition) is 2. The Kier molecular flexibility index (Phi) is 3.90. The largest absolute Gasteiger partial charge is 0.444 e. The number of carbonyl (C=O) groups is 1. The molecule has 0 aliphatic carbocycles. The van der Waals surface area contributed by atoms with Crippen molar-refractivity contribution < 1.29 is 14.6 Å². The van der Waals surface area contributed by atoms with Crippen molar-refractivity contribution >= 4 is 22.7 Å². The van der Waals surface area contributed by atoms with Crippen molar-refractivity contribution in [2.24, 2.45) is 0 Å². The van der Waals surface area contributed by atoms with Crippen LogP contribution in [0, 0.1) is 0 Å². The molecule has 0 fully saturated rings. The number of anilines is 1. The molecule has 0 saturated carbocycles. The Hall–Kier alpha value is -2.14. The summed E-state index contributed by atoms with van der Waals surface area (Å²) in [4.78, 5) is 15.9. The predicted octanol–water partition coefficient (Wildman–Crippen LogP) is 3.07. The minimum Gasteiger partial charge on any atom is -0.444 e. The van der Waals surface area contributed by atoms with Crippen molar-refractivity contribution in [3.8, 4) is 0 Å². The molecule has 5 nitrogen and oxygen atoms in total. The first-order chi connectivity index (χ1) is 9.39. The Balaban J connectivity index is 2.25. The van der Waals surface area contributed by atoms with Crippen molar-refractivity contribution in [3.05, 3.63) is 36.0 Å². The normalized spacial score (nSPS) is 11.4. The van der Waals surface area contributed by atoms with Crippen molar-refractivity contribution in [1.29, 1.82) is 0 Å². The topological polar surface area (TPSA) is 71.5 Å². The number of pyridine rings is 1. The minimum absolute atomic E-state index is 0.0623. The molecule has 106 valence electrons. The Bertz CT molecular complexity index is 633. The molecule has 0 saturated heterocycles. The SMILES string of the molecule is CC(C)(C)OC(=O)Nc1cc2c(CO)cccc2cn1. The lowest BCUT2D eigenvalue weighted by molar-refractivity contribution is 0.0635. The van der Waals surface area contributed by atoms with Crippen molar-refractivity contribution in [2.45, 2.75) is 33.0 Å². The quantitative estimate of drug-likeness (QED) is 0.882. The summed E-state index contributed by atoms with van der Waals surface area (Å²) in [6, 6.07) is 7.32. The van der Waals surface area contributed by atoms with Gasteiger partial charge in [0, 0.05) is 11.6 Å². The van der Waals surface area contributed by atoms with Gasteiger partial charge in [0.15, 0.2) is 0 Å². The average Bonchev–Trinajstić information content (AvgIpc) is 2.35. The fourth-order valence-corrected chi connectivity index (χ4v) is 1.85. The fourth-order valence-electron chi connectivity index (χ4n) is 1.85. The Morgan fingerprint density at radius 2 is 2.15 bits per heavy atom. The predicted molar refractivity (Wildman–Crippen MR) is 77.5 cm³/mol. The van der Waals surface area contributed by atoms with E-state index in [0.717, 1.165) is 16.3 Å². The first-order valence-corrected chi connectivity index (χ1v) is 6.37. The zero-order chi connectivity index (χ0) is 14.8. The summed E-state index contributed by atoms with van der Waals surface area (Å²) in [5.74, 6) is 0.396. The number of aliphatic hydroxyl groups excluding tert-OH is 1. The maximum atomic E-state index is 11.7. The lowest BCUT2D eigenvalue weighted by Crippen LogP contribution is -2.27. The van der Waals surface area contributed by atoms with E-state index in [4.69, 9.17) is 4.74 Å². The van der Waals surface area contributed by atoms with Gasteiger partial charge in [-0.15, -0.1) is 0 Å². The molecular weight excluding hydrogens is 256 g/mol. The molecular formula is C15H18N2O3. The van der Waals surface area contributed by atoms with E-state index in [-0.39, 0.29) is 6.61 Å². The first kappa shape index (κ1) is 14.3. The highest BCUT2D eigenvalue weighted by molar-refractivity contribution is 5.90. The van der Waals surface area contributed by atoms with E-state index >= 15 is 0 Å².